The van der Waals surface area contributed by atoms with Crippen molar-refractivity contribution < 1.29 is 4.74 Å². The predicted octanol–water partition coefficient (Wildman–Crippen LogP) is 2.07. The Balaban J connectivity index is 1.90. The van der Waals surface area contributed by atoms with Crippen molar-refractivity contribution in [3.8, 4) is 0 Å². The van der Waals surface area contributed by atoms with Gasteiger partial charge in [-0.15, -0.1) is 0 Å². The summed E-state index contributed by atoms with van der Waals surface area (Å²) < 4.78 is 5.47. The van der Waals surface area contributed by atoms with Crippen molar-refractivity contribution in [3.63, 3.8) is 0 Å². The summed E-state index contributed by atoms with van der Waals surface area (Å²) in [4.78, 5) is 0. The molecule has 0 aromatic carbocycles. The summed E-state index contributed by atoms with van der Waals surface area (Å²) in [6.07, 6.45) is 7.60. The van der Waals surface area contributed by atoms with Crippen molar-refractivity contribution in [2.75, 3.05) is 13.2 Å². The summed E-state index contributed by atoms with van der Waals surface area (Å²) in [5.74, 6) is 0. The monoisotopic (exact) mass is 183 g/mol. The second-order valence-electron chi connectivity index (χ2n) is 5.36. The van der Waals surface area contributed by atoms with Gasteiger partial charge in [-0.1, -0.05) is 13.3 Å². The molecule has 1 aliphatic heterocycles. The molecule has 0 bridgehead atoms. The van der Waals surface area contributed by atoms with Crippen LogP contribution in [0.4, 0.5) is 0 Å². The van der Waals surface area contributed by atoms with Crippen LogP contribution in [0.2, 0.25) is 0 Å². The van der Waals surface area contributed by atoms with Gasteiger partial charge in [-0.2, -0.15) is 0 Å². The fraction of sp³-hybridized carbons (Fsp3) is 1.00. The van der Waals surface area contributed by atoms with E-state index in [0.717, 1.165) is 26.1 Å². The van der Waals surface area contributed by atoms with Crippen LogP contribution in [0, 0.1) is 5.41 Å². The van der Waals surface area contributed by atoms with Crippen LogP contribution in [0.3, 0.4) is 0 Å². The van der Waals surface area contributed by atoms with Gasteiger partial charge >= 0.3 is 0 Å². The molecule has 2 aliphatic rings. The van der Waals surface area contributed by atoms with Gasteiger partial charge in [0.05, 0.1) is 6.61 Å². The summed E-state index contributed by atoms with van der Waals surface area (Å²) in [6, 6.07) is 0. The minimum Gasteiger partial charge on any atom is -0.380 e. The summed E-state index contributed by atoms with van der Waals surface area (Å²) in [7, 11) is 0. The van der Waals surface area contributed by atoms with Crippen LogP contribution < -0.4 is 5.73 Å². The molecule has 0 amide bonds. The van der Waals surface area contributed by atoms with Gasteiger partial charge in [-0.05, 0) is 37.5 Å². The van der Waals surface area contributed by atoms with Gasteiger partial charge in [0.2, 0.25) is 0 Å². The van der Waals surface area contributed by atoms with Gasteiger partial charge in [-0.3, -0.25) is 0 Å². The highest BCUT2D eigenvalue weighted by Gasteiger charge is 2.40. The average molecular weight is 183 g/mol. The molecular weight excluding hydrogens is 162 g/mol. The van der Waals surface area contributed by atoms with E-state index in [1.165, 1.54) is 25.7 Å². The van der Waals surface area contributed by atoms with Gasteiger partial charge in [0.15, 0.2) is 0 Å². The van der Waals surface area contributed by atoms with E-state index in [-0.39, 0.29) is 5.54 Å². The standard InChI is InChI=1S/C11H21NO/c1-10(4-2-5-10)8-11(12)6-3-7-13-9-11/h2-9,12H2,1H3. The van der Waals surface area contributed by atoms with Crippen LogP contribution >= 0.6 is 0 Å². The van der Waals surface area contributed by atoms with E-state index in [4.69, 9.17) is 10.5 Å². The lowest BCUT2D eigenvalue weighted by Gasteiger charge is -2.46. The number of hydrogen-bond acceptors (Lipinski definition) is 2. The van der Waals surface area contributed by atoms with E-state index in [1.807, 2.05) is 0 Å². The molecule has 0 aromatic heterocycles. The molecule has 1 unspecified atom stereocenters. The van der Waals surface area contributed by atoms with Crippen molar-refractivity contribution >= 4 is 0 Å². The molecule has 1 saturated heterocycles. The molecule has 13 heavy (non-hydrogen) atoms. The largest absolute Gasteiger partial charge is 0.380 e. The Morgan fingerprint density at radius 1 is 1.23 bits per heavy atom. The third kappa shape index (κ3) is 2.05. The first-order chi connectivity index (χ1) is 6.12. The Labute approximate surface area is 80.8 Å². The van der Waals surface area contributed by atoms with E-state index < -0.39 is 0 Å². The van der Waals surface area contributed by atoms with Crippen LogP contribution in [-0.4, -0.2) is 18.8 Å². The maximum atomic E-state index is 6.33. The molecule has 2 fully saturated rings. The van der Waals surface area contributed by atoms with Crippen LogP contribution in [0.1, 0.15) is 45.4 Å². The summed E-state index contributed by atoms with van der Waals surface area (Å²) in [6.45, 7) is 4.07. The van der Waals surface area contributed by atoms with E-state index in [9.17, 15) is 0 Å². The van der Waals surface area contributed by atoms with Gasteiger partial charge in [0.1, 0.15) is 0 Å². The SMILES string of the molecule is CC1(CC2(N)CCCOC2)CCC1. The Morgan fingerprint density at radius 3 is 2.46 bits per heavy atom. The second kappa shape index (κ2) is 3.25. The van der Waals surface area contributed by atoms with Crippen molar-refractivity contribution in [1.82, 2.24) is 0 Å². The quantitative estimate of drug-likeness (QED) is 0.711. The summed E-state index contributed by atoms with van der Waals surface area (Å²) in [5, 5.41) is 0. The Kier molecular flexibility index (Phi) is 2.37. The molecule has 0 radical (unpaired) electrons. The number of rotatable bonds is 2. The van der Waals surface area contributed by atoms with Gasteiger partial charge in [0, 0.05) is 12.1 Å². The van der Waals surface area contributed by atoms with E-state index in [2.05, 4.69) is 6.92 Å². The van der Waals surface area contributed by atoms with Gasteiger partial charge in [0.25, 0.3) is 0 Å². The topological polar surface area (TPSA) is 35.2 Å². The van der Waals surface area contributed by atoms with Gasteiger partial charge in [-0.25, -0.2) is 0 Å². The average Bonchev–Trinajstić information content (AvgIpc) is 2.02. The van der Waals surface area contributed by atoms with Crippen LogP contribution in [0.15, 0.2) is 0 Å². The molecule has 2 N–H and O–H groups in total. The fourth-order valence-electron chi connectivity index (χ4n) is 2.82. The summed E-state index contributed by atoms with van der Waals surface area (Å²) >= 11 is 0. The van der Waals surface area contributed by atoms with Crippen molar-refractivity contribution in [2.45, 2.75) is 51.0 Å². The van der Waals surface area contributed by atoms with Crippen LogP contribution in [0.5, 0.6) is 0 Å². The molecule has 0 aromatic rings. The smallest absolute Gasteiger partial charge is 0.0646 e. The maximum Gasteiger partial charge on any atom is 0.0646 e. The molecule has 1 saturated carbocycles. The highest BCUT2D eigenvalue weighted by atomic mass is 16.5. The third-order valence-corrected chi connectivity index (χ3v) is 3.69. The minimum absolute atomic E-state index is 0.00653. The van der Waals surface area contributed by atoms with Crippen molar-refractivity contribution in [1.29, 1.82) is 0 Å². The first-order valence-corrected chi connectivity index (χ1v) is 5.49. The Morgan fingerprint density at radius 2 is 2.00 bits per heavy atom. The lowest BCUT2D eigenvalue weighted by molar-refractivity contribution is -0.00106. The minimum atomic E-state index is -0.00653. The lowest BCUT2D eigenvalue weighted by atomic mass is 9.63. The second-order valence-corrected chi connectivity index (χ2v) is 5.36. The Hall–Kier alpha value is -0.0800. The van der Waals surface area contributed by atoms with E-state index >= 15 is 0 Å². The first kappa shape index (κ1) is 9.47. The number of nitrogens with two attached hydrogens (primary N) is 1. The molecule has 1 heterocycles. The van der Waals surface area contributed by atoms with Crippen LogP contribution in [-0.2, 0) is 4.74 Å². The molecule has 2 rings (SSSR count). The third-order valence-electron chi connectivity index (χ3n) is 3.69. The number of hydrogen-bond donors (Lipinski definition) is 1. The maximum absolute atomic E-state index is 6.33. The first-order valence-electron chi connectivity index (χ1n) is 5.49. The van der Waals surface area contributed by atoms with Gasteiger partial charge < -0.3 is 10.5 Å². The van der Waals surface area contributed by atoms with Crippen molar-refractivity contribution in [3.05, 3.63) is 0 Å². The van der Waals surface area contributed by atoms with E-state index in [0.29, 0.717) is 5.41 Å². The normalized spacial score (nSPS) is 38.3. The predicted molar refractivity (Wildman–Crippen MR) is 53.5 cm³/mol. The molecule has 2 heteroatoms. The lowest BCUT2D eigenvalue weighted by Crippen LogP contribution is -2.51. The molecule has 1 aliphatic carbocycles. The zero-order chi connectivity index (χ0) is 9.36. The molecule has 1 atom stereocenters. The van der Waals surface area contributed by atoms with Crippen molar-refractivity contribution in [2.24, 2.45) is 11.1 Å². The molecular formula is C11H21NO. The highest BCUT2D eigenvalue weighted by molar-refractivity contribution is 4.96. The number of ether oxygens (including phenoxy) is 1. The van der Waals surface area contributed by atoms with E-state index in [1.54, 1.807) is 0 Å². The molecule has 76 valence electrons. The highest BCUT2D eigenvalue weighted by Crippen LogP contribution is 2.46. The Bertz CT molecular complexity index is 181. The zero-order valence-corrected chi connectivity index (χ0v) is 8.64. The van der Waals surface area contributed by atoms with Crippen LogP contribution in [0.25, 0.3) is 0 Å². The molecule has 2 nitrogen and oxygen atoms in total. The summed E-state index contributed by atoms with van der Waals surface area (Å²) in [5.41, 5.74) is 6.86. The molecule has 0 spiro atoms. The zero-order valence-electron chi connectivity index (χ0n) is 8.64. The fourth-order valence-corrected chi connectivity index (χ4v) is 2.82.